The highest BCUT2D eigenvalue weighted by molar-refractivity contribution is 7.71. The Morgan fingerprint density at radius 2 is 1.83 bits per heavy atom. The van der Waals surface area contributed by atoms with E-state index >= 15 is 0 Å². The summed E-state index contributed by atoms with van der Waals surface area (Å²) < 4.78 is 18.0. The molecule has 1 fully saturated rings. The van der Waals surface area contributed by atoms with E-state index in [1.54, 1.807) is 12.1 Å². The van der Waals surface area contributed by atoms with Gasteiger partial charge < -0.3 is 19.7 Å². The van der Waals surface area contributed by atoms with Crippen LogP contribution in [0.1, 0.15) is 25.1 Å². The van der Waals surface area contributed by atoms with E-state index in [-0.39, 0.29) is 11.7 Å². The third-order valence-corrected chi connectivity index (χ3v) is 6.29. The molecule has 3 N–H and O–H groups in total. The van der Waals surface area contributed by atoms with E-state index in [1.807, 2.05) is 4.68 Å². The lowest BCUT2D eigenvalue weighted by Gasteiger charge is -2.29. The quantitative estimate of drug-likeness (QED) is 0.580. The zero-order valence-corrected chi connectivity index (χ0v) is 17.4. The van der Waals surface area contributed by atoms with Crippen LogP contribution in [0.3, 0.4) is 0 Å². The minimum atomic E-state index is -0.304. The van der Waals surface area contributed by atoms with E-state index in [2.05, 4.69) is 9.88 Å². The smallest absolute Gasteiger partial charge is 0.279 e. The number of quaternary nitrogens is 2. The number of hydrogen-bond acceptors (Lipinski definition) is 3. The van der Waals surface area contributed by atoms with Gasteiger partial charge in [-0.1, -0.05) is 6.42 Å². The summed E-state index contributed by atoms with van der Waals surface area (Å²) in [5.74, 6) is 0.797. The molecule has 3 heterocycles. The predicted octanol–water partition coefficient (Wildman–Crippen LogP) is -0.341. The van der Waals surface area contributed by atoms with Gasteiger partial charge in [-0.05, 0) is 49.3 Å². The molecule has 0 atom stereocenters. The predicted molar refractivity (Wildman–Crippen MR) is 110 cm³/mol. The number of benzene rings is 1. The van der Waals surface area contributed by atoms with E-state index in [1.165, 1.54) is 41.2 Å². The molecule has 29 heavy (non-hydrogen) atoms. The van der Waals surface area contributed by atoms with E-state index in [0.717, 1.165) is 56.4 Å². The Labute approximate surface area is 175 Å². The summed E-state index contributed by atoms with van der Waals surface area (Å²) in [6.07, 6.45) is 4.65. The van der Waals surface area contributed by atoms with Crippen LogP contribution in [0, 0.1) is 10.6 Å². The summed E-state index contributed by atoms with van der Waals surface area (Å²) in [5, 5.41) is 7.63. The normalized spacial score (nSPS) is 22.0. The number of piperazine rings is 1. The first-order chi connectivity index (χ1) is 14.1. The topological polar surface area (TPSA) is 60.7 Å². The fraction of sp³-hybridized carbons (Fsp3) is 0.550. The molecule has 156 valence electrons. The van der Waals surface area contributed by atoms with E-state index in [0.29, 0.717) is 12.2 Å². The number of aryl methyl sites for hydroxylation is 1. The van der Waals surface area contributed by atoms with Gasteiger partial charge in [0.15, 0.2) is 13.2 Å². The Morgan fingerprint density at radius 3 is 2.59 bits per heavy atom. The number of anilines is 1. The molecule has 0 saturated carbocycles. The van der Waals surface area contributed by atoms with Crippen molar-refractivity contribution < 1.29 is 19.0 Å². The van der Waals surface area contributed by atoms with Gasteiger partial charge in [-0.25, -0.2) is 4.39 Å². The molecule has 2 aromatic rings. The number of fused-ring (bicyclic) bond motifs is 1. The van der Waals surface area contributed by atoms with E-state index < -0.39 is 0 Å². The number of hydrogen-bond donors (Lipinski definition) is 3. The van der Waals surface area contributed by atoms with E-state index in [9.17, 15) is 9.18 Å². The van der Waals surface area contributed by atoms with Crippen molar-refractivity contribution in [3.63, 3.8) is 0 Å². The van der Waals surface area contributed by atoms with Crippen molar-refractivity contribution in [1.82, 2.24) is 14.3 Å². The summed E-state index contributed by atoms with van der Waals surface area (Å²) in [7, 11) is 0. The number of carbonyl (C=O) groups excluding carboxylic acids is 1. The molecule has 1 aromatic heterocycles. The van der Waals surface area contributed by atoms with Crippen LogP contribution in [0.25, 0.3) is 0 Å². The van der Waals surface area contributed by atoms with Crippen LogP contribution < -0.4 is 15.1 Å². The first-order valence-corrected chi connectivity index (χ1v) is 10.9. The van der Waals surface area contributed by atoms with E-state index in [4.69, 9.17) is 17.3 Å². The number of halogens is 1. The van der Waals surface area contributed by atoms with Crippen LogP contribution >= 0.6 is 12.2 Å². The molecular weight excluding hydrogens is 391 g/mol. The van der Waals surface area contributed by atoms with Gasteiger partial charge in [-0.2, -0.15) is 9.78 Å². The zero-order valence-electron chi connectivity index (χ0n) is 16.6. The minimum Gasteiger partial charge on any atom is -0.321 e. The van der Waals surface area contributed by atoms with Crippen LogP contribution in [0.5, 0.6) is 0 Å². The molecule has 7 nitrogen and oxygen atoms in total. The molecule has 0 radical (unpaired) electrons. The number of nitrogens with one attached hydrogen (secondary N) is 3. The number of rotatable bonds is 5. The summed E-state index contributed by atoms with van der Waals surface area (Å²) in [4.78, 5) is 15.0. The molecule has 4 rings (SSSR count). The first kappa shape index (κ1) is 20.2. The van der Waals surface area contributed by atoms with Gasteiger partial charge in [-0.3, -0.25) is 4.79 Å². The lowest BCUT2D eigenvalue weighted by Crippen LogP contribution is -3.28. The lowest BCUT2D eigenvalue weighted by molar-refractivity contribution is -1.02. The zero-order chi connectivity index (χ0) is 20.2. The Bertz CT molecular complexity index is 901. The minimum absolute atomic E-state index is 0.0323. The molecule has 0 spiro atoms. The van der Waals surface area contributed by atoms with Gasteiger partial charge in [0.05, 0.1) is 0 Å². The Kier molecular flexibility index (Phi) is 6.37. The summed E-state index contributed by atoms with van der Waals surface area (Å²) in [6, 6.07) is 5.87. The summed E-state index contributed by atoms with van der Waals surface area (Å²) in [6.45, 7) is 6.08. The van der Waals surface area contributed by atoms with Crippen LogP contribution in [-0.4, -0.2) is 53.0 Å². The highest BCUT2D eigenvalue weighted by Gasteiger charge is 2.26. The van der Waals surface area contributed by atoms with Crippen LogP contribution in [-0.2, 0) is 24.4 Å². The second kappa shape index (κ2) is 9.15. The Balaban J connectivity index is 1.26. The standard InChI is InChI=1S/C20H27FN6OS/c21-16-5-7-17(8-6-16)22-19(28)14-24-10-12-25(13-11-24)15-27-20(29)26-9-3-1-2-4-18(26)23-27/h5-8H,1-4,9-15H2,(H,22,28)/p+2. The summed E-state index contributed by atoms with van der Waals surface area (Å²) >= 11 is 5.66. The monoisotopic (exact) mass is 420 g/mol. The van der Waals surface area contributed by atoms with Crippen molar-refractivity contribution in [3.05, 3.63) is 40.7 Å². The SMILES string of the molecule is O=C(C[NH+]1CC[NH+](Cn2nc3n(c2=S)CCCCC3)CC1)Nc1ccc(F)cc1. The van der Waals surface area contributed by atoms with Crippen LogP contribution in [0.4, 0.5) is 10.1 Å². The lowest BCUT2D eigenvalue weighted by atomic mass is 10.2. The van der Waals surface area contributed by atoms with Gasteiger partial charge in [-0.15, -0.1) is 0 Å². The van der Waals surface area contributed by atoms with Gasteiger partial charge in [0, 0.05) is 18.7 Å². The summed E-state index contributed by atoms with van der Waals surface area (Å²) in [5.41, 5.74) is 0.633. The molecule has 0 unspecified atom stereocenters. The maximum absolute atomic E-state index is 13.0. The highest BCUT2D eigenvalue weighted by Crippen LogP contribution is 2.13. The van der Waals surface area contributed by atoms with Crippen molar-refractivity contribution in [2.24, 2.45) is 0 Å². The third kappa shape index (κ3) is 5.09. The molecule has 2 aliphatic rings. The molecule has 0 aliphatic carbocycles. The van der Waals surface area contributed by atoms with Crippen molar-refractivity contribution in [1.29, 1.82) is 0 Å². The van der Waals surface area contributed by atoms with Crippen molar-refractivity contribution in [3.8, 4) is 0 Å². The average molecular weight is 421 g/mol. The first-order valence-electron chi connectivity index (χ1n) is 10.5. The maximum atomic E-state index is 13.0. The number of amides is 1. The Morgan fingerprint density at radius 1 is 1.10 bits per heavy atom. The van der Waals surface area contributed by atoms with Gasteiger partial charge in [0.25, 0.3) is 5.91 Å². The molecular formula is C20H29FN6OS+2. The fourth-order valence-corrected chi connectivity index (χ4v) is 4.50. The third-order valence-electron chi connectivity index (χ3n) is 5.86. The van der Waals surface area contributed by atoms with Gasteiger partial charge >= 0.3 is 0 Å². The van der Waals surface area contributed by atoms with Crippen LogP contribution in [0.15, 0.2) is 24.3 Å². The number of carbonyl (C=O) groups is 1. The largest absolute Gasteiger partial charge is 0.321 e. The molecule has 1 saturated heterocycles. The fourth-order valence-electron chi connectivity index (χ4n) is 4.20. The second-order valence-electron chi connectivity index (χ2n) is 8.05. The van der Waals surface area contributed by atoms with Crippen molar-refractivity contribution in [2.75, 3.05) is 38.0 Å². The molecule has 1 amide bonds. The molecule has 2 aliphatic heterocycles. The van der Waals surface area contributed by atoms with Gasteiger partial charge in [0.1, 0.15) is 37.8 Å². The van der Waals surface area contributed by atoms with Crippen molar-refractivity contribution >= 4 is 23.8 Å². The number of nitrogens with zero attached hydrogens (tertiary/aromatic N) is 3. The van der Waals surface area contributed by atoms with Crippen LogP contribution in [0.2, 0.25) is 0 Å². The Hall–Kier alpha value is -2.10. The van der Waals surface area contributed by atoms with Gasteiger partial charge in [0.2, 0.25) is 4.77 Å². The average Bonchev–Trinajstić information content (AvgIpc) is 2.87. The molecule has 9 heteroatoms. The second-order valence-corrected chi connectivity index (χ2v) is 8.42. The maximum Gasteiger partial charge on any atom is 0.279 e. The molecule has 1 aromatic carbocycles. The highest BCUT2D eigenvalue weighted by atomic mass is 32.1. The van der Waals surface area contributed by atoms with Crippen molar-refractivity contribution in [2.45, 2.75) is 38.9 Å². The number of aromatic nitrogens is 3. The molecule has 0 bridgehead atoms.